The van der Waals surface area contributed by atoms with Crippen LogP contribution < -0.4 is 5.32 Å². The molecule has 1 unspecified atom stereocenters. The molecular formula is C19H20FNO4. The van der Waals surface area contributed by atoms with Crippen molar-refractivity contribution < 1.29 is 23.8 Å². The fraction of sp³-hybridized carbons (Fsp3) is 0.263. The molecular weight excluding hydrogens is 325 g/mol. The van der Waals surface area contributed by atoms with Crippen LogP contribution in [0.25, 0.3) is 0 Å². The van der Waals surface area contributed by atoms with Gasteiger partial charge in [-0.1, -0.05) is 23.8 Å². The van der Waals surface area contributed by atoms with Crippen molar-refractivity contribution in [3.05, 3.63) is 65.0 Å². The standard InChI is InChI=1S/C19H20FNO4/c1-12-3-8-17(20)16(9-12)18(23)21-11-14(19(24)25-2)10-13-4-6-15(22)7-5-13/h3-9,14,22H,10-11H2,1-2H3,(H,21,23). The van der Waals surface area contributed by atoms with Crippen LogP contribution in [0.5, 0.6) is 5.75 Å². The molecule has 0 aliphatic carbocycles. The molecule has 0 heterocycles. The number of phenols is 1. The maximum absolute atomic E-state index is 13.8. The molecule has 0 fully saturated rings. The Morgan fingerprint density at radius 1 is 1.20 bits per heavy atom. The Kier molecular flexibility index (Phi) is 6.11. The molecule has 1 amide bonds. The summed E-state index contributed by atoms with van der Waals surface area (Å²) in [5.41, 5.74) is 1.51. The summed E-state index contributed by atoms with van der Waals surface area (Å²) < 4.78 is 18.6. The molecule has 0 aliphatic heterocycles. The van der Waals surface area contributed by atoms with Crippen LogP contribution >= 0.6 is 0 Å². The molecule has 0 spiro atoms. The number of nitrogens with one attached hydrogen (secondary N) is 1. The molecule has 5 nitrogen and oxygen atoms in total. The van der Waals surface area contributed by atoms with Gasteiger partial charge in [0.2, 0.25) is 0 Å². The number of carbonyl (C=O) groups is 2. The minimum Gasteiger partial charge on any atom is -0.508 e. The molecule has 0 aromatic heterocycles. The van der Waals surface area contributed by atoms with Gasteiger partial charge >= 0.3 is 5.97 Å². The number of amides is 1. The summed E-state index contributed by atoms with van der Waals surface area (Å²) in [6.45, 7) is 1.78. The van der Waals surface area contributed by atoms with Crippen LogP contribution in [0.2, 0.25) is 0 Å². The van der Waals surface area contributed by atoms with E-state index in [2.05, 4.69) is 5.32 Å². The van der Waals surface area contributed by atoms with Crippen LogP contribution in [-0.4, -0.2) is 30.6 Å². The van der Waals surface area contributed by atoms with E-state index in [0.717, 1.165) is 11.1 Å². The smallest absolute Gasteiger partial charge is 0.310 e. The maximum Gasteiger partial charge on any atom is 0.310 e. The Morgan fingerprint density at radius 3 is 2.52 bits per heavy atom. The average Bonchev–Trinajstić information content (AvgIpc) is 2.61. The predicted octanol–water partition coefficient (Wildman–Crippen LogP) is 2.60. The van der Waals surface area contributed by atoms with Gasteiger partial charge in [-0.05, 0) is 43.2 Å². The van der Waals surface area contributed by atoms with Gasteiger partial charge in [0, 0.05) is 6.54 Å². The lowest BCUT2D eigenvalue weighted by molar-refractivity contribution is -0.145. The number of esters is 1. The molecule has 2 rings (SSSR count). The van der Waals surface area contributed by atoms with E-state index >= 15 is 0 Å². The molecule has 6 heteroatoms. The lowest BCUT2D eigenvalue weighted by atomic mass is 9.99. The minimum atomic E-state index is -0.619. The van der Waals surface area contributed by atoms with Crippen LogP contribution in [0.1, 0.15) is 21.5 Å². The topological polar surface area (TPSA) is 75.6 Å². The van der Waals surface area contributed by atoms with E-state index in [1.165, 1.54) is 31.4 Å². The second kappa shape index (κ2) is 8.28. The highest BCUT2D eigenvalue weighted by Crippen LogP contribution is 2.15. The van der Waals surface area contributed by atoms with Gasteiger partial charge in [-0.2, -0.15) is 0 Å². The number of carbonyl (C=O) groups excluding carboxylic acids is 2. The van der Waals surface area contributed by atoms with Crippen LogP contribution in [0.15, 0.2) is 42.5 Å². The number of aromatic hydroxyl groups is 1. The normalized spacial score (nSPS) is 11.6. The first-order chi connectivity index (χ1) is 11.9. The van der Waals surface area contributed by atoms with Crippen molar-refractivity contribution in [3.8, 4) is 5.75 Å². The highest BCUT2D eigenvalue weighted by atomic mass is 19.1. The van der Waals surface area contributed by atoms with E-state index in [1.807, 2.05) is 0 Å². The van der Waals surface area contributed by atoms with Crippen LogP contribution in [0.3, 0.4) is 0 Å². The highest BCUT2D eigenvalue weighted by molar-refractivity contribution is 5.94. The Hall–Kier alpha value is -2.89. The van der Waals surface area contributed by atoms with E-state index < -0.39 is 23.6 Å². The third-order valence-electron chi connectivity index (χ3n) is 3.83. The molecule has 2 aromatic rings. The van der Waals surface area contributed by atoms with Gasteiger partial charge in [0.05, 0.1) is 18.6 Å². The molecule has 25 heavy (non-hydrogen) atoms. The summed E-state index contributed by atoms with van der Waals surface area (Å²) >= 11 is 0. The third kappa shape index (κ3) is 5.04. The van der Waals surface area contributed by atoms with E-state index in [-0.39, 0.29) is 17.9 Å². The van der Waals surface area contributed by atoms with Gasteiger partial charge in [0.25, 0.3) is 5.91 Å². The largest absolute Gasteiger partial charge is 0.508 e. The highest BCUT2D eigenvalue weighted by Gasteiger charge is 2.22. The number of hydrogen-bond acceptors (Lipinski definition) is 4. The lowest BCUT2D eigenvalue weighted by Crippen LogP contribution is -2.35. The fourth-order valence-electron chi connectivity index (χ4n) is 2.45. The summed E-state index contributed by atoms with van der Waals surface area (Å²) in [4.78, 5) is 24.2. The number of methoxy groups -OCH3 is 1. The van der Waals surface area contributed by atoms with Gasteiger partial charge in [-0.25, -0.2) is 4.39 Å². The Labute approximate surface area is 145 Å². The maximum atomic E-state index is 13.8. The summed E-state index contributed by atoms with van der Waals surface area (Å²) in [5, 5.41) is 11.9. The van der Waals surface area contributed by atoms with Crippen molar-refractivity contribution in [1.29, 1.82) is 0 Å². The van der Waals surface area contributed by atoms with Crippen LogP contribution in [0.4, 0.5) is 4.39 Å². The summed E-state index contributed by atoms with van der Waals surface area (Å²) in [6, 6.07) is 10.7. The van der Waals surface area contributed by atoms with Crippen LogP contribution in [-0.2, 0) is 16.0 Å². The summed E-state index contributed by atoms with van der Waals surface area (Å²) in [7, 11) is 1.27. The predicted molar refractivity (Wildman–Crippen MR) is 90.8 cm³/mol. The summed E-state index contributed by atoms with van der Waals surface area (Å²) in [6.07, 6.45) is 0.323. The first-order valence-electron chi connectivity index (χ1n) is 7.80. The van der Waals surface area contributed by atoms with Crippen molar-refractivity contribution in [2.75, 3.05) is 13.7 Å². The number of halogens is 1. The monoisotopic (exact) mass is 345 g/mol. The van der Waals surface area contributed by atoms with Gasteiger partial charge < -0.3 is 15.2 Å². The zero-order valence-electron chi connectivity index (χ0n) is 14.1. The number of rotatable bonds is 6. The number of phenolic OH excluding ortho intramolecular Hbond substituents is 1. The Bertz CT molecular complexity index is 759. The molecule has 1 atom stereocenters. The first-order valence-corrected chi connectivity index (χ1v) is 7.80. The lowest BCUT2D eigenvalue weighted by Gasteiger charge is -2.16. The van der Waals surface area contributed by atoms with Crippen molar-refractivity contribution in [1.82, 2.24) is 5.32 Å². The summed E-state index contributed by atoms with van der Waals surface area (Å²) in [5.74, 6) is -2.16. The molecule has 2 N–H and O–H groups in total. The molecule has 0 aliphatic rings. The van der Waals surface area contributed by atoms with Crippen molar-refractivity contribution in [2.24, 2.45) is 5.92 Å². The Balaban J connectivity index is 2.06. The molecule has 132 valence electrons. The number of hydrogen-bond donors (Lipinski definition) is 2. The van der Waals surface area contributed by atoms with Gasteiger partial charge in [-0.3, -0.25) is 9.59 Å². The van der Waals surface area contributed by atoms with Crippen LogP contribution in [0, 0.1) is 18.7 Å². The molecule has 0 bridgehead atoms. The molecule has 2 aromatic carbocycles. The second-order valence-corrected chi connectivity index (χ2v) is 5.78. The molecule has 0 radical (unpaired) electrons. The number of benzene rings is 2. The van der Waals surface area contributed by atoms with Crippen molar-refractivity contribution in [3.63, 3.8) is 0 Å². The van der Waals surface area contributed by atoms with Gasteiger partial charge in [0.1, 0.15) is 11.6 Å². The SMILES string of the molecule is COC(=O)C(CNC(=O)c1cc(C)ccc1F)Cc1ccc(O)cc1. The van der Waals surface area contributed by atoms with E-state index in [0.29, 0.717) is 6.42 Å². The van der Waals surface area contributed by atoms with Crippen molar-refractivity contribution >= 4 is 11.9 Å². The first kappa shape index (κ1) is 18.4. The zero-order chi connectivity index (χ0) is 18.4. The minimum absolute atomic E-state index is 0.0137. The number of ether oxygens (including phenoxy) is 1. The van der Waals surface area contributed by atoms with Crippen molar-refractivity contribution in [2.45, 2.75) is 13.3 Å². The van der Waals surface area contributed by atoms with E-state index in [9.17, 15) is 19.1 Å². The second-order valence-electron chi connectivity index (χ2n) is 5.78. The average molecular weight is 345 g/mol. The molecule has 0 saturated carbocycles. The van der Waals surface area contributed by atoms with E-state index in [1.54, 1.807) is 25.1 Å². The fourth-order valence-corrected chi connectivity index (χ4v) is 2.45. The van der Waals surface area contributed by atoms with E-state index in [4.69, 9.17) is 4.74 Å². The zero-order valence-corrected chi connectivity index (χ0v) is 14.1. The quantitative estimate of drug-likeness (QED) is 0.789. The number of aryl methyl sites for hydroxylation is 1. The molecule has 0 saturated heterocycles. The van der Waals surface area contributed by atoms with Gasteiger partial charge in [0.15, 0.2) is 0 Å². The third-order valence-corrected chi connectivity index (χ3v) is 3.83. The van der Waals surface area contributed by atoms with Gasteiger partial charge in [-0.15, -0.1) is 0 Å². The Morgan fingerprint density at radius 2 is 1.88 bits per heavy atom.